The van der Waals surface area contributed by atoms with E-state index in [4.69, 9.17) is 4.42 Å². The zero-order valence-corrected chi connectivity index (χ0v) is 16.7. The fourth-order valence-corrected chi connectivity index (χ4v) is 3.10. The smallest absolute Gasteiger partial charge is 0.320 e. The average molecular weight is 425 g/mol. The number of nitrogens with one attached hydrogen (secondary N) is 2. The van der Waals surface area contributed by atoms with Gasteiger partial charge in [-0.25, -0.2) is 9.37 Å². The van der Waals surface area contributed by atoms with Gasteiger partial charge in [0.05, 0.1) is 11.9 Å². The molecule has 3 heterocycles. The van der Waals surface area contributed by atoms with Gasteiger partial charge >= 0.3 is 17.8 Å². The second kappa shape index (κ2) is 8.78. The first-order valence-corrected chi connectivity index (χ1v) is 9.62. The Labute approximate surface area is 177 Å². The van der Waals surface area contributed by atoms with Crippen molar-refractivity contribution in [2.45, 2.75) is 6.92 Å². The van der Waals surface area contributed by atoms with Crippen LogP contribution in [0.4, 0.5) is 27.6 Å². The van der Waals surface area contributed by atoms with Crippen LogP contribution in [-0.4, -0.2) is 58.1 Å². The van der Waals surface area contributed by atoms with Crippen LogP contribution in [0.2, 0.25) is 0 Å². The Morgan fingerprint density at radius 3 is 2.35 bits per heavy atom. The molecule has 10 nitrogen and oxygen atoms in total. The molecule has 0 bridgehead atoms. The highest BCUT2D eigenvalue weighted by Crippen LogP contribution is 2.18. The number of benzene rings is 1. The fourth-order valence-electron chi connectivity index (χ4n) is 3.10. The van der Waals surface area contributed by atoms with E-state index in [0.29, 0.717) is 37.6 Å². The third kappa shape index (κ3) is 4.94. The molecule has 160 valence electrons. The predicted octanol–water partition coefficient (Wildman–Crippen LogP) is 2.27. The molecule has 0 radical (unpaired) electrons. The Hall–Kier alpha value is -4.02. The number of aromatic nitrogens is 3. The number of rotatable bonds is 5. The molecule has 2 aromatic heterocycles. The van der Waals surface area contributed by atoms with Crippen LogP contribution in [0.3, 0.4) is 0 Å². The maximum atomic E-state index is 13.0. The first kappa shape index (κ1) is 20.3. The van der Waals surface area contributed by atoms with Crippen molar-refractivity contribution in [1.29, 1.82) is 0 Å². The van der Waals surface area contributed by atoms with E-state index in [1.807, 2.05) is 0 Å². The summed E-state index contributed by atoms with van der Waals surface area (Å²) < 4.78 is 18.3. The van der Waals surface area contributed by atoms with Crippen molar-refractivity contribution in [3.05, 3.63) is 54.3 Å². The molecule has 3 aromatic rings. The molecule has 2 amide bonds. The van der Waals surface area contributed by atoms with E-state index < -0.39 is 5.91 Å². The van der Waals surface area contributed by atoms with E-state index in [2.05, 4.69) is 30.7 Å². The second-order valence-corrected chi connectivity index (χ2v) is 6.90. The van der Waals surface area contributed by atoms with Crippen molar-refractivity contribution in [3.63, 3.8) is 0 Å². The van der Waals surface area contributed by atoms with Crippen LogP contribution in [0.25, 0.3) is 0 Å². The molecule has 2 N–H and O–H groups in total. The summed E-state index contributed by atoms with van der Waals surface area (Å²) >= 11 is 0. The lowest BCUT2D eigenvalue weighted by Crippen LogP contribution is -2.48. The molecule has 11 heteroatoms. The summed E-state index contributed by atoms with van der Waals surface area (Å²) in [6, 6.07) is 9.12. The molecule has 0 atom stereocenters. The maximum absolute atomic E-state index is 13.0. The van der Waals surface area contributed by atoms with Gasteiger partial charge in [0.1, 0.15) is 11.6 Å². The van der Waals surface area contributed by atoms with Gasteiger partial charge in [0.25, 0.3) is 0 Å². The average Bonchev–Trinajstić information content (AvgIpc) is 3.25. The Morgan fingerprint density at radius 2 is 1.71 bits per heavy atom. The fraction of sp³-hybridized carbons (Fsp3) is 0.250. The molecule has 1 aliphatic rings. The molecule has 0 spiro atoms. The van der Waals surface area contributed by atoms with Crippen molar-refractivity contribution in [2.24, 2.45) is 0 Å². The maximum Gasteiger partial charge on any atom is 0.320 e. The number of hydrogen-bond acceptors (Lipinski definition) is 8. The van der Waals surface area contributed by atoms with E-state index in [9.17, 15) is 14.0 Å². The van der Waals surface area contributed by atoms with Crippen molar-refractivity contribution in [3.8, 4) is 0 Å². The third-order valence-electron chi connectivity index (χ3n) is 4.77. The van der Waals surface area contributed by atoms with Crippen LogP contribution >= 0.6 is 0 Å². The molecule has 1 aromatic carbocycles. The highest BCUT2D eigenvalue weighted by atomic mass is 19.1. The van der Waals surface area contributed by atoms with Crippen molar-refractivity contribution < 1.29 is 18.4 Å². The Morgan fingerprint density at radius 1 is 1.00 bits per heavy atom. The van der Waals surface area contributed by atoms with Crippen molar-refractivity contribution >= 4 is 35.0 Å². The first-order valence-electron chi connectivity index (χ1n) is 9.62. The van der Waals surface area contributed by atoms with Gasteiger partial charge in [0, 0.05) is 38.8 Å². The quantitative estimate of drug-likeness (QED) is 0.640. The van der Waals surface area contributed by atoms with Gasteiger partial charge in [0.2, 0.25) is 5.91 Å². The second-order valence-electron chi connectivity index (χ2n) is 6.90. The van der Waals surface area contributed by atoms with Crippen molar-refractivity contribution in [2.75, 3.05) is 41.7 Å². The number of pyridine rings is 1. The normalized spacial score (nSPS) is 13.7. The Bertz CT molecular complexity index is 1060. The van der Waals surface area contributed by atoms with Gasteiger partial charge in [-0.3, -0.25) is 9.59 Å². The SMILES string of the molecule is CC(=O)N1CCN(c2ccc(NC(=O)c3nnc(Nc4ccc(F)cc4)o3)cn2)CC1. The number of halogens is 1. The van der Waals surface area contributed by atoms with Gasteiger partial charge < -0.3 is 24.9 Å². The summed E-state index contributed by atoms with van der Waals surface area (Å²) in [6.07, 6.45) is 1.54. The van der Waals surface area contributed by atoms with Crippen LogP contribution in [0, 0.1) is 5.82 Å². The lowest BCUT2D eigenvalue weighted by atomic mass is 10.3. The lowest BCUT2D eigenvalue weighted by molar-refractivity contribution is -0.129. The molecule has 0 aliphatic carbocycles. The summed E-state index contributed by atoms with van der Waals surface area (Å²) in [4.78, 5) is 32.0. The molecule has 0 unspecified atom stereocenters. The summed E-state index contributed by atoms with van der Waals surface area (Å²) in [5.41, 5.74) is 1.02. The summed E-state index contributed by atoms with van der Waals surface area (Å²) in [5.74, 6) is -0.333. The minimum Gasteiger partial charge on any atom is -0.399 e. The van der Waals surface area contributed by atoms with Crippen molar-refractivity contribution in [1.82, 2.24) is 20.1 Å². The van der Waals surface area contributed by atoms with E-state index in [1.54, 1.807) is 30.2 Å². The van der Waals surface area contributed by atoms with E-state index in [1.165, 1.54) is 24.3 Å². The van der Waals surface area contributed by atoms with Gasteiger partial charge in [-0.1, -0.05) is 5.10 Å². The summed E-state index contributed by atoms with van der Waals surface area (Å²) in [6.45, 7) is 4.27. The number of hydrogen-bond donors (Lipinski definition) is 2. The van der Waals surface area contributed by atoms with Crippen LogP contribution < -0.4 is 15.5 Å². The zero-order valence-electron chi connectivity index (χ0n) is 16.7. The van der Waals surface area contributed by atoms with Crippen LogP contribution in [-0.2, 0) is 4.79 Å². The number of anilines is 4. The molecular weight excluding hydrogens is 405 g/mol. The van der Waals surface area contributed by atoms with Gasteiger partial charge in [-0.15, -0.1) is 5.10 Å². The minimum absolute atomic E-state index is 0.00920. The zero-order chi connectivity index (χ0) is 21.8. The minimum atomic E-state index is -0.579. The predicted molar refractivity (Wildman–Crippen MR) is 111 cm³/mol. The van der Waals surface area contributed by atoms with Gasteiger partial charge in [0.15, 0.2) is 0 Å². The summed E-state index contributed by atoms with van der Waals surface area (Å²) in [5, 5.41) is 12.9. The standard InChI is InChI=1S/C20H20FN7O3/c1-13(29)27-8-10-28(11-9-27)17-7-6-16(12-22-17)23-18(30)19-25-26-20(31-19)24-15-4-2-14(21)3-5-15/h2-7,12H,8-11H2,1H3,(H,23,30)(H,24,26). The van der Waals surface area contributed by atoms with E-state index in [0.717, 1.165) is 5.82 Å². The lowest BCUT2D eigenvalue weighted by Gasteiger charge is -2.34. The third-order valence-corrected chi connectivity index (χ3v) is 4.77. The molecule has 31 heavy (non-hydrogen) atoms. The first-order chi connectivity index (χ1) is 15.0. The van der Waals surface area contributed by atoms with Crippen LogP contribution in [0.1, 0.15) is 17.6 Å². The van der Waals surface area contributed by atoms with E-state index in [-0.39, 0.29) is 23.6 Å². The number of carbonyl (C=O) groups is 2. The van der Waals surface area contributed by atoms with Gasteiger partial charge in [-0.05, 0) is 36.4 Å². The molecular formula is C20H20FN7O3. The monoisotopic (exact) mass is 425 g/mol. The number of nitrogens with zero attached hydrogens (tertiary/aromatic N) is 5. The topological polar surface area (TPSA) is 116 Å². The number of piperazine rings is 1. The molecule has 4 rings (SSSR count). The summed E-state index contributed by atoms with van der Waals surface area (Å²) in [7, 11) is 0. The van der Waals surface area contributed by atoms with Crippen LogP contribution in [0.5, 0.6) is 0 Å². The van der Waals surface area contributed by atoms with E-state index >= 15 is 0 Å². The van der Waals surface area contributed by atoms with Crippen LogP contribution in [0.15, 0.2) is 47.0 Å². The molecule has 1 fully saturated rings. The Balaban J connectivity index is 1.33. The highest BCUT2D eigenvalue weighted by Gasteiger charge is 2.20. The number of amides is 2. The highest BCUT2D eigenvalue weighted by molar-refractivity contribution is 6.00. The molecule has 1 saturated heterocycles. The molecule has 0 saturated carbocycles. The van der Waals surface area contributed by atoms with Gasteiger partial charge in [-0.2, -0.15) is 0 Å². The number of carbonyl (C=O) groups excluding carboxylic acids is 2. The Kier molecular flexibility index (Phi) is 5.74. The molecule has 1 aliphatic heterocycles. The largest absolute Gasteiger partial charge is 0.399 e.